The monoisotopic (exact) mass is 369 g/mol. The molecule has 0 atom stereocenters. The van der Waals surface area contributed by atoms with Crippen LogP contribution in [-0.4, -0.2) is 63.5 Å². The number of rotatable bonds is 2. The molecule has 26 heavy (non-hydrogen) atoms. The molecular formula is C17H19N7OS. The van der Waals surface area contributed by atoms with Crippen molar-refractivity contribution in [1.29, 1.82) is 0 Å². The molecule has 1 N–H and O–H groups in total. The highest BCUT2D eigenvalue weighted by atomic mass is 32.1. The third kappa shape index (κ3) is 3.57. The molecule has 0 aliphatic carbocycles. The van der Waals surface area contributed by atoms with Crippen molar-refractivity contribution in [3.05, 3.63) is 42.5 Å². The lowest BCUT2D eigenvalue weighted by Gasteiger charge is -2.35. The first-order valence-corrected chi connectivity index (χ1v) is 8.94. The Morgan fingerprint density at radius 2 is 1.85 bits per heavy atom. The average Bonchev–Trinajstić information content (AvgIpc) is 2.73. The molecule has 2 aromatic heterocycles. The van der Waals surface area contributed by atoms with Gasteiger partial charge in [-0.3, -0.25) is 10.4 Å². The largest absolute Gasteiger partial charge is 0.491 e. The molecule has 0 saturated carbocycles. The molecule has 2 aliphatic rings. The number of hydrazone groups is 1. The maximum atomic E-state index is 5.60. The second kappa shape index (κ2) is 7.61. The van der Waals surface area contributed by atoms with Crippen molar-refractivity contribution in [1.82, 2.24) is 25.3 Å². The summed E-state index contributed by atoms with van der Waals surface area (Å²) < 4.78 is 5.60. The zero-order valence-corrected chi connectivity index (χ0v) is 15.0. The molecule has 9 heteroatoms. The highest BCUT2D eigenvalue weighted by Crippen LogP contribution is 2.22. The zero-order valence-electron chi connectivity index (χ0n) is 14.2. The summed E-state index contributed by atoms with van der Waals surface area (Å²) in [6, 6.07) is 5.58. The number of piperazine rings is 1. The number of pyridine rings is 1. The Morgan fingerprint density at radius 1 is 1.08 bits per heavy atom. The van der Waals surface area contributed by atoms with Gasteiger partial charge in [-0.1, -0.05) is 0 Å². The van der Waals surface area contributed by atoms with E-state index in [1.807, 2.05) is 18.2 Å². The SMILES string of the molecule is S=C(N/N=C1/CCOc2cccnc21)N1CCN(c2ncccn2)CC1. The molecule has 0 unspecified atom stereocenters. The molecule has 0 radical (unpaired) electrons. The van der Waals surface area contributed by atoms with Crippen LogP contribution in [0.15, 0.2) is 41.9 Å². The third-order valence-corrected chi connectivity index (χ3v) is 4.68. The van der Waals surface area contributed by atoms with Crippen molar-refractivity contribution in [3.8, 4) is 5.75 Å². The number of ether oxygens (including phenoxy) is 1. The van der Waals surface area contributed by atoms with Crippen LogP contribution in [0.3, 0.4) is 0 Å². The van der Waals surface area contributed by atoms with Crippen LogP contribution in [-0.2, 0) is 0 Å². The van der Waals surface area contributed by atoms with Gasteiger partial charge in [0.1, 0.15) is 11.4 Å². The van der Waals surface area contributed by atoms with Gasteiger partial charge in [-0.2, -0.15) is 5.10 Å². The fraction of sp³-hybridized carbons (Fsp3) is 0.353. The molecule has 0 aromatic carbocycles. The average molecular weight is 369 g/mol. The lowest BCUT2D eigenvalue weighted by Crippen LogP contribution is -2.51. The van der Waals surface area contributed by atoms with Crippen LogP contribution in [0.2, 0.25) is 0 Å². The smallest absolute Gasteiger partial charge is 0.225 e. The van der Waals surface area contributed by atoms with E-state index >= 15 is 0 Å². The van der Waals surface area contributed by atoms with Gasteiger partial charge in [0.05, 0.1) is 12.3 Å². The van der Waals surface area contributed by atoms with Crippen LogP contribution in [0.5, 0.6) is 5.75 Å². The van der Waals surface area contributed by atoms with Crippen LogP contribution in [0.25, 0.3) is 0 Å². The van der Waals surface area contributed by atoms with E-state index in [4.69, 9.17) is 17.0 Å². The van der Waals surface area contributed by atoms with Gasteiger partial charge in [-0.25, -0.2) is 9.97 Å². The van der Waals surface area contributed by atoms with Crippen molar-refractivity contribution >= 4 is 29.0 Å². The maximum Gasteiger partial charge on any atom is 0.225 e. The van der Waals surface area contributed by atoms with E-state index in [9.17, 15) is 0 Å². The number of aromatic nitrogens is 3. The van der Waals surface area contributed by atoms with E-state index in [2.05, 4.69) is 35.3 Å². The molecule has 4 rings (SSSR count). The summed E-state index contributed by atoms with van der Waals surface area (Å²) >= 11 is 5.50. The molecule has 2 aliphatic heterocycles. The van der Waals surface area contributed by atoms with Crippen LogP contribution in [0.1, 0.15) is 12.1 Å². The molecule has 1 saturated heterocycles. The summed E-state index contributed by atoms with van der Waals surface area (Å²) in [5, 5.41) is 5.10. The lowest BCUT2D eigenvalue weighted by atomic mass is 10.1. The van der Waals surface area contributed by atoms with Gasteiger partial charge in [0.25, 0.3) is 0 Å². The second-order valence-electron chi connectivity index (χ2n) is 5.95. The molecule has 0 amide bonds. The fourth-order valence-corrected chi connectivity index (χ4v) is 3.19. The zero-order chi connectivity index (χ0) is 17.8. The Labute approximate surface area is 156 Å². The fourth-order valence-electron chi connectivity index (χ4n) is 2.96. The van der Waals surface area contributed by atoms with Gasteiger partial charge in [-0.15, -0.1) is 0 Å². The molecule has 4 heterocycles. The van der Waals surface area contributed by atoms with Crippen molar-refractivity contribution < 1.29 is 4.74 Å². The topological polar surface area (TPSA) is 78.8 Å². The van der Waals surface area contributed by atoms with E-state index in [-0.39, 0.29) is 0 Å². The predicted molar refractivity (Wildman–Crippen MR) is 102 cm³/mol. The first kappa shape index (κ1) is 16.6. The Balaban J connectivity index is 1.35. The van der Waals surface area contributed by atoms with Crippen LogP contribution in [0.4, 0.5) is 5.95 Å². The highest BCUT2D eigenvalue weighted by Gasteiger charge is 2.21. The normalized spacial score (nSPS) is 18.2. The summed E-state index contributed by atoms with van der Waals surface area (Å²) in [4.78, 5) is 17.2. The third-order valence-electron chi connectivity index (χ3n) is 4.33. The van der Waals surface area contributed by atoms with Crippen LogP contribution in [0, 0.1) is 0 Å². The van der Waals surface area contributed by atoms with Crippen LogP contribution >= 0.6 is 12.2 Å². The van der Waals surface area contributed by atoms with Gasteiger partial charge in [0.2, 0.25) is 5.95 Å². The first-order valence-electron chi connectivity index (χ1n) is 8.53. The van der Waals surface area contributed by atoms with E-state index in [1.54, 1.807) is 18.6 Å². The quantitative estimate of drug-likeness (QED) is 0.622. The minimum atomic E-state index is 0.599. The molecule has 0 bridgehead atoms. The summed E-state index contributed by atoms with van der Waals surface area (Å²) in [7, 11) is 0. The molecule has 1 fully saturated rings. The number of fused-ring (bicyclic) bond motifs is 1. The summed E-state index contributed by atoms with van der Waals surface area (Å²) in [6.07, 6.45) is 5.97. The number of nitrogens with one attached hydrogen (secondary N) is 1. The predicted octanol–water partition coefficient (Wildman–Crippen LogP) is 1.05. The second-order valence-corrected chi connectivity index (χ2v) is 6.33. The van der Waals surface area contributed by atoms with Crippen molar-refractivity contribution in [2.24, 2.45) is 5.10 Å². The van der Waals surface area contributed by atoms with Gasteiger partial charge in [0.15, 0.2) is 5.11 Å². The summed E-state index contributed by atoms with van der Waals surface area (Å²) in [5.41, 5.74) is 4.66. The summed E-state index contributed by atoms with van der Waals surface area (Å²) in [5.74, 6) is 1.53. The molecule has 0 spiro atoms. The Hall–Kier alpha value is -2.81. The number of nitrogens with zero attached hydrogens (tertiary/aromatic N) is 6. The molecular weight excluding hydrogens is 350 g/mol. The van der Waals surface area contributed by atoms with Crippen LogP contribution < -0.4 is 15.1 Å². The molecule has 8 nitrogen and oxygen atoms in total. The van der Waals surface area contributed by atoms with E-state index in [0.717, 1.165) is 49.3 Å². The van der Waals surface area contributed by atoms with E-state index in [0.29, 0.717) is 18.1 Å². The Bertz CT molecular complexity index is 806. The van der Waals surface area contributed by atoms with Crippen molar-refractivity contribution in [2.45, 2.75) is 6.42 Å². The minimum Gasteiger partial charge on any atom is -0.491 e. The minimum absolute atomic E-state index is 0.599. The number of hydrogen-bond donors (Lipinski definition) is 1. The van der Waals surface area contributed by atoms with Crippen molar-refractivity contribution in [3.63, 3.8) is 0 Å². The standard InChI is InChI=1S/C17H19N7OS/c26-17(22-21-13-4-12-25-14-3-1-5-18-15(13)14)24-10-8-23(9-11-24)16-19-6-2-7-20-16/h1-3,5-7H,4,8-12H2,(H,22,26)/b21-13-. The van der Waals surface area contributed by atoms with Gasteiger partial charge < -0.3 is 14.5 Å². The number of anilines is 1. The molecule has 134 valence electrons. The highest BCUT2D eigenvalue weighted by molar-refractivity contribution is 7.80. The van der Waals surface area contributed by atoms with E-state index < -0.39 is 0 Å². The number of thiocarbonyl (C=S) groups is 1. The maximum absolute atomic E-state index is 5.60. The van der Waals surface area contributed by atoms with Gasteiger partial charge in [-0.05, 0) is 30.4 Å². The van der Waals surface area contributed by atoms with Gasteiger partial charge >= 0.3 is 0 Å². The Kier molecular flexibility index (Phi) is 4.87. The summed E-state index contributed by atoms with van der Waals surface area (Å²) in [6.45, 7) is 3.84. The lowest BCUT2D eigenvalue weighted by molar-refractivity contribution is 0.318. The number of hydrogen-bond acceptors (Lipinski definition) is 7. The Morgan fingerprint density at radius 3 is 2.65 bits per heavy atom. The van der Waals surface area contributed by atoms with Gasteiger partial charge in [0, 0.05) is 51.2 Å². The van der Waals surface area contributed by atoms with E-state index in [1.165, 1.54) is 0 Å². The molecule has 2 aromatic rings. The van der Waals surface area contributed by atoms with Crippen molar-refractivity contribution in [2.75, 3.05) is 37.7 Å². The first-order chi connectivity index (χ1) is 12.8.